The summed E-state index contributed by atoms with van der Waals surface area (Å²) in [5, 5.41) is 0.860. The Hall–Kier alpha value is -1.35. The molecule has 1 saturated heterocycles. The molecule has 2 N–H and O–H groups in total. The second kappa shape index (κ2) is 5.32. The molecule has 0 aromatic heterocycles. The maximum atomic E-state index is 6.38. The molecule has 3 aliphatic rings. The fourth-order valence-electron chi connectivity index (χ4n) is 5.31. The molecule has 0 saturated carbocycles. The van der Waals surface area contributed by atoms with E-state index in [2.05, 4.69) is 47.4 Å². The zero-order valence-electron chi connectivity index (χ0n) is 13.8. The molecule has 2 unspecified atom stereocenters. The van der Waals surface area contributed by atoms with Gasteiger partial charge in [-0.15, -0.1) is 0 Å². The summed E-state index contributed by atoms with van der Waals surface area (Å²) in [5.41, 5.74) is 12.2. The van der Waals surface area contributed by atoms with Gasteiger partial charge in [-0.2, -0.15) is 0 Å². The number of piperidine rings is 1. The monoisotopic (exact) mass is 338 g/mol. The average Bonchev–Trinajstić information content (AvgIpc) is 3.09. The highest BCUT2D eigenvalue weighted by molar-refractivity contribution is 6.30. The van der Waals surface area contributed by atoms with Crippen LogP contribution in [0.4, 0.5) is 0 Å². The summed E-state index contributed by atoms with van der Waals surface area (Å²) >= 11 is 6.38. The standard InChI is InChI=1S/C21H23ClN2/c22-14-5-6-17-18-12-21(20(17)11-14,19-4-2-1-3-16(18)19)13-24-9-7-15(23)8-10-24/h1-6,11,15,18H,7-10,12-13,23H2. The summed E-state index contributed by atoms with van der Waals surface area (Å²) in [7, 11) is 0. The molecule has 1 heterocycles. The molecule has 0 amide bonds. The highest BCUT2D eigenvalue weighted by Gasteiger charge is 2.53. The topological polar surface area (TPSA) is 29.3 Å². The summed E-state index contributed by atoms with van der Waals surface area (Å²) in [6.45, 7) is 3.33. The van der Waals surface area contributed by atoms with Crippen molar-refractivity contribution in [2.24, 2.45) is 5.73 Å². The summed E-state index contributed by atoms with van der Waals surface area (Å²) < 4.78 is 0. The Morgan fingerprint density at radius 2 is 1.79 bits per heavy atom. The first-order valence-electron chi connectivity index (χ1n) is 9.05. The fourth-order valence-corrected chi connectivity index (χ4v) is 5.48. The van der Waals surface area contributed by atoms with Gasteiger partial charge in [-0.25, -0.2) is 0 Å². The third-order valence-electron chi connectivity index (χ3n) is 6.44. The number of benzene rings is 2. The molecule has 24 heavy (non-hydrogen) atoms. The van der Waals surface area contributed by atoms with E-state index in [-0.39, 0.29) is 5.41 Å². The van der Waals surface area contributed by atoms with E-state index in [9.17, 15) is 0 Å². The van der Waals surface area contributed by atoms with Crippen LogP contribution in [0.2, 0.25) is 5.02 Å². The summed E-state index contributed by atoms with van der Waals surface area (Å²) in [5.74, 6) is 0.542. The lowest BCUT2D eigenvalue weighted by molar-refractivity contribution is 0.181. The van der Waals surface area contributed by atoms with Gasteiger partial charge in [-0.05, 0) is 66.7 Å². The van der Waals surface area contributed by atoms with Gasteiger partial charge in [0.05, 0.1) is 0 Å². The molecule has 5 rings (SSSR count). The SMILES string of the molecule is NC1CCN(CC23CC(c4ccccc42)c2ccc(Cl)cc23)CC1. The zero-order chi connectivity index (χ0) is 16.3. The van der Waals surface area contributed by atoms with Crippen molar-refractivity contribution in [3.8, 4) is 0 Å². The smallest absolute Gasteiger partial charge is 0.0409 e. The molecular weight excluding hydrogens is 316 g/mol. The van der Waals surface area contributed by atoms with E-state index in [0.717, 1.165) is 37.5 Å². The molecule has 1 aliphatic heterocycles. The van der Waals surface area contributed by atoms with E-state index in [1.165, 1.54) is 28.7 Å². The van der Waals surface area contributed by atoms with Gasteiger partial charge >= 0.3 is 0 Å². The molecule has 2 atom stereocenters. The molecule has 1 fully saturated rings. The minimum absolute atomic E-state index is 0.114. The van der Waals surface area contributed by atoms with Crippen molar-refractivity contribution in [2.75, 3.05) is 19.6 Å². The maximum Gasteiger partial charge on any atom is 0.0409 e. The number of rotatable bonds is 2. The summed E-state index contributed by atoms with van der Waals surface area (Å²) in [6, 6.07) is 16.0. The van der Waals surface area contributed by atoms with Crippen molar-refractivity contribution < 1.29 is 0 Å². The fraction of sp³-hybridized carbons (Fsp3) is 0.429. The van der Waals surface area contributed by atoms with Gasteiger partial charge in [0, 0.05) is 28.9 Å². The van der Waals surface area contributed by atoms with Crippen molar-refractivity contribution in [2.45, 2.75) is 36.6 Å². The minimum Gasteiger partial charge on any atom is -0.328 e. The minimum atomic E-state index is 0.114. The number of nitrogens with two attached hydrogens (primary N) is 1. The number of halogens is 1. The van der Waals surface area contributed by atoms with E-state index >= 15 is 0 Å². The second-order valence-electron chi connectivity index (χ2n) is 7.77. The van der Waals surface area contributed by atoms with Crippen LogP contribution in [0.5, 0.6) is 0 Å². The molecule has 2 nitrogen and oxygen atoms in total. The predicted molar refractivity (Wildman–Crippen MR) is 98.8 cm³/mol. The average molecular weight is 339 g/mol. The molecular formula is C21H23ClN2. The van der Waals surface area contributed by atoms with Crippen molar-refractivity contribution >= 4 is 11.6 Å². The van der Waals surface area contributed by atoms with Crippen LogP contribution in [0.15, 0.2) is 42.5 Å². The Morgan fingerprint density at radius 3 is 2.62 bits per heavy atom. The van der Waals surface area contributed by atoms with Crippen molar-refractivity contribution in [3.63, 3.8) is 0 Å². The highest BCUT2D eigenvalue weighted by atomic mass is 35.5. The van der Waals surface area contributed by atoms with Crippen LogP contribution in [-0.4, -0.2) is 30.6 Å². The first-order chi connectivity index (χ1) is 11.7. The molecule has 2 aromatic carbocycles. The highest BCUT2D eigenvalue weighted by Crippen LogP contribution is 2.60. The van der Waals surface area contributed by atoms with Gasteiger partial charge in [0.15, 0.2) is 0 Å². The van der Waals surface area contributed by atoms with Gasteiger partial charge < -0.3 is 10.6 Å². The predicted octanol–water partition coefficient (Wildman–Crippen LogP) is 3.90. The van der Waals surface area contributed by atoms with Gasteiger partial charge in [0.2, 0.25) is 0 Å². The van der Waals surface area contributed by atoms with Crippen LogP contribution in [0.1, 0.15) is 47.4 Å². The third-order valence-corrected chi connectivity index (χ3v) is 6.67. The van der Waals surface area contributed by atoms with Crippen LogP contribution >= 0.6 is 11.6 Å². The quantitative estimate of drug-likeness (QED) is 0.899. The van der Waals surface area contributed by atoms with Gasteiger partial charge in [0.1, 0.15) is 0 Å². The van der Waals surface area contributed by atoms with Crippen LogP contribution < -0.4 is 5.73 Å². The number of hydrogen-bond acceptors (Lipinski definition) is 2. The molecule has 2 aromatic rings. The Balaban J connectivity index is 1.60. The third kappa shape index (κ3) is 2.03. The normalized spacial score (nSPS) is 28.8. The first-order valence-corrected chi connectivity index (χ1v) is 9.42. The number of fused-ring (bicyclic) bond motifs is 8. The summed E-state index contributed by atoms with van der Waals surface area (Å²) in [6.07, 6.45) is 3.43. The largest absolute Gasteiger partial charge is 0.328 e. The molecule has 2 aliphatic carbocycles. The Morgan fingerprint density at radius 1 is 1.04 bits per heavy atom. The maximum absolute atomic E-state index is 6.38. The Bertz CT molecular complexity index is 794. The van der Waals surface area contributed by atoms with E-state index in [1.54, 1.807) is 0 Å². The van der Waals surface area contributed by atoms with Crippen LogP contribution in [-0.2, 0) is 5.41 Å². The molecule has 3 heteroatoms. The lowest BCUT2D eigenvalue weighted by Crippen LogP contribution is -2.46. The van der Waals surface area contributed by atoms with E-state index < -0.39 is 0 Å². The molecule has 124 valence electrons. The Kier molecular flexibility index (Phi) is 3.31. The lowest BCUT2D eigenvalue weighted by atomic mass is 9.74. The number of hydrogen-bond donors (Lipinski definition) is 1. The van der Waals surface area contributed by atoms with Crippen molar-refractivity contribution in [1.29, 1.82) is 0 Å². The second-order valence-corrected chi connectivity index (χ2v) is 8.21. The molecule has 2 bridgehead atoms. The van der Waals surface area contributed by atoms with E-state index in [4.69, 9.17) is 17.3 Å². The molecule has 0 radical (unpaired) electrons. The lowest BCUT2D eigenvalue weighted by Gasteiger charge is -2.39. The van der Waals surface area contributed by atoms with Crippen LogP contribution in [0.25, 0.3) is 0 Å². The Labute approximate surface area is 148 Å². The van der Waals surface area contributed by atoms with Crippen LogP contribution in [0.3, 0.4) is 0 Å². The van der Waals surface area contributed by atoms with Gasteiger partial charge in [-0.3, -0.25) is 0 Å². The van der Waals surface area contributed by atoms with Crippen LogP contribution in [0, 0.1) is 0 Å². The number of likely N-dealkylation sites (tertiary alicyclic amines) is 1. The van der Waals surface area contributed by atoms with E-state index in [0.29, 0.717) is 12.0 Å². The van der Waals surface area contributed by atoms with Crippen molar-refractivity contribution in [1.82, 2.24) is 4.90 Å². The number of nitrogens with zero attached hydrogens (tertiary/aromatic N) is 1. The first kappa shape index (κ1) is 14.9. The van der Waals surface area contributed by atoms with Gasteiger partial charge in [0.25, 0.3) is 0 Å². The summed E-state index contributed by atoms with van der Waals surface area (Å²) in [4.78, 5) is 2.62. The van der Waals surface area contributed by atoms with Crippen molar-refractivity contribution in [3.05, 3.63) is 69.7 Å². The van der Waals surface area contributed by atoms with Gasteiger partial charge in [-0.1, -0.05) is 41.9 Å². The van der Waals surface area contributed by atoms with E-state index in [1.807, 2.05) is 0 Å². The zero-order valence-corrected chi connectivity index (χ0v) is 14.6. The molecule has 0 spiro atoms.